The summed E-state index contributed by atoms with van der Waals surface area (Å²) in [6.07, 6.45) is 0. The average Bonchev–Trinajstić information content (AvgIpc) is 2.65. The van der Waals surface area contributed by atoms with Gasteiger partial charge in [0.1, 0.15) is 6.07 Å². The molecule has 0 spiro atoms. The lowest BCUT2D eigenvalue weighted by molar-refractivity contribution is 0.393. The van der Waals surface area contributed by atoms with E-state index >= 15 is 0 Å². The molecule has 0 bridgehead atoms. The summed E-state index contributed by atoms with van der Waals surface area (Å²) >= 11 is 1.65. The summed E-state index contributed by atoms with van der Waals surface area (Å²) in [5, 5.41) is 14.0. The third kappa shape index (κ3) is 4.03. The minimum Gasteiger partial charge on any atom is -0.312 e. The van der Waals surface area contributed by atoms with Crippen molar-refractivity contribution in [2.45, 2.75) is 27.3 Å². The average molecular weight is 222 g/mol. The molecule has 0 fully saturated rings. The molecule has 0 amide bonds. The normalized spacial score (nSPS) is 12.7. The van der Waals surface area contributed by atoms with Crippen LogP contribution in [0.5, 0.6) is 0 Å². The van der Waals surface area contributed by atoms with Gasteiger partial charge in [-0.25, -0.2) is 0 Å². The van der Waals surface area contributed by atoms with Crippen LogP contribution in [0.1, 0.15) is 31.2 Å². The lowest BCUT2D eigenvalue weighted by atomic mass is 9.98. The Labute approximate surface area is 95.9 Å². The summed E-state index contributed by atoms with van der Waals surface area (Å²) in [6, 6.07) is 4.10. The Hall–Kier alpha value is -0.850. The molecule has 1 aromatic heterocycles. The van der Waals surface area contributed by atoms with E-state index in [1.54, 1.807) is 11.3 Å². The summed E-state index contributed by atoms with van der Waals surface area (Å²) in [7, 11) is 0. The summed E-state index contributed by atoms with van der Waals surface area (Å²) in [4.78, 5) is 1.24. The maximum atomic E-state index is 8.67. The van der Waals surface area contributed by atoms with Crippen LogP contribution < -0.4 is 5.32 Å². The molecular formula is C12H18N2S. The molecule has 0 aliphatic rings. The predicted molar refractivity (Wildman–Crippen MR) is 64.7 cm³/mol. The van der Waals surface area contributed by atoms with E-state index in [9.17, 15) is 0 Å². The number of thiophene rings is 1. The first kappa shape index (κ1) is 12.2. The highest BCUT2D eigenvalue weighted by Gasteiger charge is 2.06. The van der Waals surface area contributed by atoms with E-state index in [0.29, 0.717) is 5.92 Å². The van der Waals surface area contributed by atoms with Crippen molar-refractivity contribution < 1.29 is 0 Å². The van der Waals surface area contributed by atoms with Crippen LogP contribution in [0.25, 0.3) is 0 Å². The zero-order chi connectivity index (χ0) is 11.3. The number of nitriles is 1. The molecular weight excluding hydrogens is 204 g/mol. The Morgan fingerprint density at radius 1 is 1.47 bits per heavy atom. The summed E-state index contributed by atoms with van der Waals surface area (Å²) in [6.45, 7) is 8.66. The Bertz CT molecular complexity index is 336. The van der Waals surface area contributed by atoms with E-state index in [2.05, 4.69) is 32.2 Å². The van der Waals surface area contributed by atoms with E-state index in [-0.39, 0.29) is 0 Å². The highest BCUT2D eigenvalue weighted by atomic mass is 32.1. The minimum atomic E-state index is 0.695. The van der Waals surface area contributed by atoms with Crippen LogP contribution in [0.2, 0.25) is 0 Å². The van der Waals surface area contributed by atoms with E-state index in [0.717, 1.165) is 24.6 Å². The first-order valence-corrected chi connectivity index (χ1v) is 6.19. The molecule has 0 aliphatic heterocycles. The smallest absolute Gasteiger partial charge is 0.100 e. The standard InChI is InChI=1S/C12H18N2S/c1-9(2)10(3)6-14-7-12-4-11(5-13)8-15-12/h4,8-10,14H,6-7H2,1-3H3. The van der Waals surface area contributed by atoms with E-state index in [4.69, 9.17) is 5.26 Å². The van der Waals surface area contributed by atoms with E-state index in [1.165, 1.54) is 4.88 Å². The van der Waals surface area contributed by atoms with Crippen molar-refractivity contribution in [3.63, 3.8) is 0 Å². The fourth-order valence-electron chi connectivity index (χ4n) is 1.19. The molecule has 1 atom stereocenters. The van der Waals surface area contributed by atoms with E-state index in [1.807, 2.05) is 11.4 Å². The molecule has 2 nitrogen and oxygen atoms in total. The van der Waals surface area contributed by atoms with Crippen molar-refractivity contribution in [2.24, 2.45) is 11.8 Å². The Balaban J connectivity index is 2.29. The second-order valence-corrected chi connectivity index (χ2v) is 5.26. The first-order chi connectivity index (χ1) is 7.13. The number of hydrogen-bond donors (Lipinski definition) is 1. The molecule has 0 aromatic carbocycles. The minimum absolute atomic E-state index is 0.695. The van der Waals surface area contributed by atoms with Crippen molar-refractivity contribution >= 4 is 11.3 Å². The fourth-order valence-corrected chi connectivity index (χ4v) is 1.97. The maximum Gasteiger partial charge on any atom is 0.100 e. The van der Waals surface area contributed by atoms with Crippen LogP contribution in [0, 0.1) is 23.2 Å². The summed E-state index contributed by atoms with van der Waals surface area (Å²) in [5.41, 5.74) is 0.772. The zero-order valence-electron chi connectivity index (χ0n) is 9.58. The van der Waals surface area contributed by atoms with Gasteiger partial charge in [0.05, 0.1) is 5.56 Å². The highest BCUT2D eigenvalue weighted by Crippen LogP contribution is 2.14. The second kappa shape index (κ2) is 5.89. The van der Waals surface area contributed by atoms with E-state index < -0.39 is 0 Å². The van der Waals surface area contributed by atoms with Gasteiger partial charge in [-0.05, 0) is 24.4 Å². The van der Waals surface area contributed by atoms with Crippen molar-refractivity contribution in [1.29, 1.82) is 5.26 Å². The number of rotatable bonds is 5. The predicted octanol–water partition coefficient (Wildman–Crippen LogP) is 3.00. The van der Waals surface area contributed by atoms with Gasteiger partial charge in [-0.1, -0.05) is 20.8 Å². The van der Waals surface area contributed by atoms with Crippen molar-refractivity contribution in [3.05, 3.63) is 21.9 Å². The van der Waals surface area contributed by atoms with Crippen LogP contribution in [-0.2, 0) is 6.54 Å². The van der Waals surface area contributed by atoms with Crippen molar-refractivity contribution in [3.8, 4) is 6.07 Å². The highest BCUT2D eigenvalue weighted by molar-refractivity contribution is 7.10. The lowest BCUT2D eigenvalue weighted by Gasteiger charge is -2.15. The van der Waals surface area contributed by atoms with Gasteiger partial charge in [0, 0.05) is 16.8 Å². The SMILES string of the molecule is CC(C)C(C)CNCc1cc(C#N)cs1. The largest absolute Gasteiger partial charge is 0.312 e. The number of hydrogen-bond acceptors (Lipinski definition) is 3. The summed E-state index contributed by atoms with van der Waals surface area (Å²) < 4.78 is 0. The van der Waals surface area contributed by atoms with Gasteiger partial charge < -0.3 is 5.32 Å². The first-order valence-electron chi connectivity index (χ1n) is 5.31. The van der Waals surface area contributed by atoms with Gasteiger partial charge in [0.15, 0.2) is 0 Å². The molecule has 0 aliphatic carbocycles. The molecule has 1 unspecified atom stereocenters. The van der Waals surface area contributed by atoms with Gasteiger partial charge in [-0.3, -0.25) is 0 Å². The lowest BCUT2D eigenvalue weighted by Crippen LogP contribution is -2.23. The number of nitrogens with zero attached hydrogens (tertiary/aromatic N) is 1. The Morgan fingerprint density at radius 2 is 2.20 bits per heavy atom. The van der Waals surface area contributed by atoms with Crippen LogP contribution in [-0.4, -0.2) is 6.54 Å². The molecule has 82 valence electrons. The molecule has 0 saturated heterocycles. The molecule has 3 heteroatoms. The quantitative estimate of drug-likeness (QED) is 0.831. The van der Waals surface area contributed by atoms with Gasteiger partial charge in [-0.2, -0.15) is 5.26 Å². The zero-order valence-corrected chi connectivity index (χ0v) is 10.4. The van der Waals surface area contributed by atoms with Crippen LogP contribution in [0.15, 0.2) is 11.4 Å². The van der Waals surface area contributed by atoms with Crippen molar-refractivity contribution in [2.75, 3.05) is 6.54 Å². The maximum absolute atomic E-state index is 8.67. The topological polar surface area (TPSA) is 35.8 Å². The third-order valence-electron chi connectivity index (χ3n) is 2.69. The molecule has 1 rings (SSSR count). The summed E-state index contributed by atoms with van der Waals surface area (Å²) in [5.74, 6) is 1.41. The second-order valence-electron chi connectivity index (χ2n) is 4.27. The van der Waals surface area contributed by atoms with Gasteiger partial charge in [0.25, 0.3) is 0 Å². The number of nitrogens with one attached hydrogen (secondary N) is 1. The molecule has 15 heavy (non-hydrogen) atoms. The fraction of sp³-hybridized carbons (Fsp3) is 0.583. The Morgan fingerprint density at radius 3 is 2.73 bits per heavy atom. The molecule has 0 radical (unpaired) electrons. The molecule has 1 heterocycles. The monoisotopic (exact) mass is 222 g/mol. The van der Waals surface area contributed by atoms with Crippen LogP contribution in [0.4, 0.5) is 0 Å². The third-order valence-corrected chi connectivity index (χ3v) is 3.62. The van der Waals surface area contributed by atoms with Crippen LogP contribution >= 0.6 is 11.3 Å². The van der Waals surface area contributed by atoms with Crippen LogP contribution in [0.3, 0.4) is 0 Å². The van der Waals surface area contributed by atoms with Crippen molar-refractivity contribution in [1.82, 2.24) is 5.32 Å². The van der Waals surface area contributed by atoms with Gasteiger partial charge in [-0.15, -0.1) is 11.3 Å². The van der Waals surface area contributed by atoms with Gasteiger partial charge in [0.2, 0.25) is 0 Å². The van der Waals surface area contributed by atoms with Gasteiger partial charge >= 0.3 is 0 Å². The molecule has 0 saturated carbocycles. The molecule has 1 N–H and O–H groups in total. The Kier molecular flexibility index (Phi) is 4.80. The molecule has 1 aromatic rings.